The molecule has 43 heavy (non-hydrogen) atoms. The summed E-state index contributed by atoms with van der Waals surface area (Å²) in [7, 11) is 4.54. The maximum atomic E-state index is 14.3. The summed E-state index contributed by atoms with van der Waals surface area (Å²) in [6, 6.07) is 18.9. The summed E-state index contributed by atoms with van der Waals surface area (Å²) in [5.41, 5.74) is 3.00. The molecule has 0 radical (unpaired) electrons. The number of unbranched alkanes of at least 4 members (excludes halogenated alkanes) is 4. The number of carbonyl (C=O) groups excluding carboxylic acids is 1. The number of nitrogens with zero attached hydrogens (tertiary/aromatic N) is 4. The summed E-state index contributed by atoms with van der Waals surface area (Å²) in [6.45, 7) is 0.107. The van der Waals surface area contributed by atoms with Crippen LogP contribution in [0.25, 0.3) is 0 Å². The smallest absolute Gasteiger partial charge is 0.303 e. The number of rotatable bonds is 12. The van der Waals surface area contributed by atoms with Gasteiger partial charge in [-0.25, -0.2) is 13.4 Å². The molecule has 0 unspecified atom stereocenters. The van der Waals surface area contributed by atoms with Crippen molar-refractivity contribution in [1.29, 1.82) is 0 Å². The number of aliphatic carboxylic acids is 1. The molecule has 0 aliphatic carbocycles. The molecule has 228 valence electrons. The number of anilines is 2. The fourth-order valence-electron chi connectivity index (χ4n) is 6.09. The van der Waals surface area contributed by atoms with Gasteiger partial charge in [0, 0.05) is 86.9 Å². The number of ether oxygens (including phenoxy) is 1. The first-order chi connectivity index (χ1) is 20.6. The maximum Gasteiger partial charge on any atom is 0.303 e. The van der Waals surface area contributed by atoms with Crippen molar-refractivity contribution in [2.24, 2.45) is 0 Å². The molecular weight excluding hydrogens is 568 g/mol. The second kappa shape index (κ2) is 12.3. The third-order valence-corrected chi connectivity index (χ3v) is 8.94. The number of fused-ring (bicyclic) bond motifs is 6. The van der Waals surface area contributed by atoms with Gasteiger partial charge in [0.05, 0.1) is 0 Å². The van der Waals surface area contributed by atoms with E-state index in [2.05, 4.69) is 0 Å². The van der Waals surface area contributed by atoms with E-state index in [4.69, 9.17) is 9.84 Å². The first-order valence-electron chi connectivity index (χ1n) is 14.5. The molecule has 1 amide bonds. The molecule has 0 atom stereocenters. The normalized spacial score (nSPS) is 14.5. The Balaban J connectivity index is 1.65. The van der Waals surface area contributed by atoms with Gasteiger partial charge in [0.25, 0.3) is 5.91 Å². The molecule has 1 N–H and O–H groups in total. The lowest BCUT2D eigenvalue weighted by Crippen LogP contribution is -2.55. The van der Waals surface area contributed by atoms with Gasteiger partial charge in [0.1, 0.15) is 17.0 Å². The van der Waals surface area contributed by atoms with Crippen molar-refractivity contribution in [3.8, 4) is 11.5 Å². The highest BCUT2D eigenvalue weighted by Gasteiger charge is 2.59. The Labute approximate surface area is 254 Å². The van der Waals surface area contributed by atoms with Crippen molar-refractivity contribution >= 4 is 34.1 Å². The van der Waals surface area contributed by atoms with Crippen molar-refractivity contribution in [2.75, 3.05) is 44.5 Å². The van der Waals surface area contributed by atoms with Crippen LogP contribution in [-0.2, 0) is 21.2 Å². The van der Waals surface area contributed by atoms with Crippen LogP contribution in [0.15, 0.2) is 60.7 Å². The maximum absolute atomic E-state index is 14.3. The molecule has 0 fully saturated rings. The SMILES string of the molecule is CN(C)c1ccc2c(c1)Oc1cc(N(C)C)ccc1C21c2ccccc2C(=O)N1N(CCCCCCCC(=O)O)[SH](=O)=O. The van der Waals surface area contributed by atoms with Gasteiger partial charge in [-0.3, -0.25) is 9.59 Å². The second-order valence-corrected chi connectivity index (χ2v) is 12.3. The average molecular weight is 607 g/mol. The van der Waals surface area contributed by atoms with Crippen LogP contribution in [0.4, 0.5) is 11.4 Å². The molecule has 3 aromatic carbocycles. The second-order valence-electron chi connectivity index (χ2n) is 11.4. The predicted octanol–water partition coefficient (Wildman–Crippen LogP) is 4.84. The van der Waals surface area contributed by atoms with E-state index >= 15 is 0 Å². The lowest BCUT2D eigenvalue weighted by Gasteiger charge is -2.46. The van der Waals surface area contributed by atoms with E-state index in [1.165, 1.54) is 9.42 Å². The molecule has 2 heterocycles. The number of hydrogen-bond donors (Lipinski definition) is 2. The van der Waals surface area contributed by atoms with Gasteiger partial charge in [-0.1, -0.05) is 49.6 Å². The number of hydrazine groups is 1. The van der Waals surface area contributed by atoms with Gasteiger partial charge >= 0.3 is 5.97 Å². The zero-order valence-electron chi connectivity index (χ0n) is 24.9. The molecule has 3 aromatic rings. The highest BCUT2D eigenvalue weighted by atomic mass is 32.2. The van der Waals surface area contributed by atoms with Crippen molar-refractivity contribution in [1.82, 2.24) is 9.42 Å². The Kier molecular flexibility index (Phi) is 8.66. The molecule has 10 nitrogen and oxygen atoms in total. The van der Waals surface area contributed by atoms with E-state index in [0.717, 1.165) is 24.2 Å². The minimum absolute atomic E-state index is 0.107. The van der Waals surface area contributed by atoms with Crippen molar-refractivity contribution < 1.29 is 27.9 Å². The molecule has 0 saturated carbocycles. The molecule has 0 aromatic heterocycles. The van der Waals surface area contributed by atoms with Gasteiger partial charge in [0.2, 0.25) is 10.9 Å². The quantitative estimate of drug-likeness (QED) is 0.223. The van der Waals surface area contributed by atoms with Gasteiger partial charge in [-0.05, 0) is 31.0 Å². The minimum Gasteiger partial charge on any atom is -0.481 e. The third-order valence-electron chi connectivity index (χ3n) is 8.19. The lowest BCUT2D eigenvalue weighted by atomic mass is 9.75. The number of carbonyl (C=O) groups is 2. The Bertz CT molecular complexity index is 1550. The molecule has 0 saturated heterocycles. The van der Waals surface area contributed by atoms with E-state index < -0.39 is 28.3 Å². The summed E-state index contributed by atoms with van der Waals surface area (Å²) < 4.78 is 33.8. The number of hydrogen-bond acceptors (Lipinski definition) is 7. The van der Waals surface area contributed by atoms with Crippen LogP contribution in [0.1, 0.15) is 65.6 Å². The predicted molar refractivity (Wildman–Crippen MR) is 166 cm³/mol. The number of carboxylic acids is 1. The van der Waals surface area contributed by atoms with Gasteiger partial charge in [0.15, 0.2) is 0 Å². The number of thiol groups is 1. The van der Waals surface area contributed by atoms with Crippen LogP contribution >= 0.6 is 0 Å². The van der Waals surface area contributed by atoms with Crippen molar-refractivity contribution in [3.05, 3.63) is 82.9 Å². The van der Waals surface area contributed by atoms with Gasteiger partial charge in [-0.15, -0.1) is 4.41 Å². The molecule has 11 heteroatoms. The number of amides is 1. The Hall–Kier alpha value is -4.09. The molecule has 2 aliphatic heterocycles. The Morgan fingerprint density at radius 3 is 1.93 bits per heavy atom. The van der Waals surface area contributed by atoms with E-state index in [1.54, 1.807) is 12.1 Å². The fourth-order valence-corrected chi connectivity index (χ4v) is 6.75. The zero-order valence-corrected chi connectivity index (χ0v) is 25.8. The monoisotopic (exact) mass is 606 g/mol. The van der Waals surface area contributed by atoms with Crippen LogP contribution in [0.5, 0.6) is 11.5 Å². The minimum atomic E-state index is -3.20. The molecular formula is C32H38N4O6S. The lowest BCUT2D eigenvalue weighted by molar-refractivity contribution is -0.137. The van der Waals surface area contributed by atoms with E-state index in [1.807, 2.05) is 86.5 Å². The zero-order chi connectivity index (χ0) is 30.9. The number of carboxylic acid groups (broad SMARTS) is 1. The van der Waals surface area contributed by atoms with Gasteiger partial charge in [-0.2, -0.15) is 0 Å². The number of benzene rings is 3. The van der Waals surface area contributed by atoms with E-state index in [-0.39, 0.29) is 13.0 Å². The first kappa shape index (κ1) is 30.4. The molecule has 1 spiro atoms. The highest BCUT2D eigenvalue weighted by molar-refractivity contribution is 7.69. The topological polar surface area (TPSA) is 111 Å². The van der Waals surface area contributed by atoms with Crippen LogP contribution in [0.2, 0.25) is 0 Å². The van der Waals surface area contributed by atoms with Gasteiger partial charge < -0.3 is 19.6 Å². The van der Waals surface area contributed by atoms with Crippen LogP contribution in [0.3, 0.4) is 0 Å². The third kappa shape index (κ3) is 5.43. The summed E-state index contributed by atoms with van der Waals surface area (Å²) in [6.07, 6.45) is 3.44. The molecule has 5 rings (SSSR count). The summed E-state index contributed by atoms with van der Waals surface area (Å²) in [5.74, 6) is -0.130. The summed E-state index contributed by atoms with van der Waals surface area (Å²) >= 11 is 0. The van der Waals surface area contributed by atoms with Crippen LogP contribution in [0, 0.1) is 0 Å². The average Bonchev–Trinajstić information content (AvgIpc) is 3.22. The largest absolute Gasteiger partial charge is 0.481 e. The van der Waals surface area contributed by atoms with Crippen LogP contribution in [-0.4, -0.2) is 69.6 Å². The first-order valence-corrected chi connectivity index (χ1v) is 15.6. The van der Waals surface area contributed by atoms with E-state index in [0.29, 0.717) is 53.0 Å². The van der Waals surface area contributed by atoms with Crippen molar-refractivity contribution in [3.63, 3.8) is 0 Å². The summed E-state index contributed by atoms with van der Waals surface area (Å²) in [5, 5.41) is 10.3. The molecule has 0 bridgehead atoms. The highest BCUT2D eigenvalue weighted by Crippen LogP contribution is 2.58. The summed E-state index contributed by atoms with van der Waals surface area (Å²) in [4.78, 5) is 29.1. The van der Waals surface area contributed by atoms with E-state index in [9.17, 15) is 18.0 Å². The Morgan fingerprint density at radius 1 is 0.814 bits per heavy atom. The Morgan fingerprint density at radius 2 is 1.37 bits per heavy atom. The van der Waals surface area contributed by atoms with Crippen LogP contribution < -0.4 is 14.5 Å². The fraction of sp³-hybridized carbons (Fsp3) is 0.375. The molecule has 2 aliphatic rings. The van der Waals surface area contributed by atoms with Crippen molar-refractivity contribution in [2.45, 2.75) is 44.1 Å². The standard InChI is InChI=1S/C32H38N4O6S/c1-33(2)22-15-17-26-28(20-22)42-29-21-23(34(3)4)16-18-27(29)32(26)25-13-10-9-12-24(25)31(39)36(32)35(43(40)41)19-11-7-5-6-8-14-30(37)38/h9-10,12-13,15-18,20-21,43H,5-8,11,14,19H2,1-4H3,(H,37,38).